The van der Waals surface area contributed by atoms with Gasteiger partial charge in [-0.2, -0.15) is 0 Å². The smallest absolute Gasteiger partial charge is 0.339 e. The Balaban J connectivity index is 1.46. The molecule has 1 amide bonds. The molecule has 0 saturated carbocycles. The molecule has 1 fully saturated rings. The molecule has 0 N–H and O–H groups in total. The first kappa shape index (κ1) is 21.1. The number of rotatable bonds is 6. The molecule has 0 unspecified atom stereocenters. The Morgan fingerprint density at radius 3 is 2.41 bits per heavy atom. The lowest BCUT2D eigenvalue weighted by Gasteiger charge is -2.32. The highest BCUT2D eigenvalue weighted by atomic mass is 32.2. The van der Waals surface area contributed by atoms with Crippen molar-refractivity contribution in [1.82, 2.24) is 4.90 Å². The van der Waals surface area contributed by atoms with Crippen molar-refractivity contribution in [2.45, 2.75) is 43.6 Å². The number of carbonyl (C=O) groups excluding carboxylic acids is 1. The van der Waals surface area contributed by atoms with Gasteiger partial charge in [0.25, 0.3) is 0 Å². The van der Waals surface area contributed by atoms with Crippen LogP contribution in [0, 0.1) is 6.92 Å². The molecule has 2 heterocycles. The second-order valence-corrected chi connectivity index (χ2v) is 9.35. The number of hydrogen-bond acceptors (Lipinski definition) is 6. The van der Waals surface area contributed by atoms with Crippen LogP contribution in [0.5, 0.6) is 5.75 Å². The number of sulfone groups is 1. The van der Waals surface area contributed by atoms with Gasteiger partial charge in [0.05, 0.1) is 11.0 Å². The van der Waals surface area contributed by atoms with E-state index in [9.17, 15) is 18.0 Å². The minimum Gasteiger partial charge on any atom is -0.490 e. The van der Waals surface area contributed by atoms with Crippen LogP contribution in [-0.4, -0.2) is 44.7 Å². The molecule has 1 saturated heterocycles. The standard InChI is InChI=1S/C21H25NO6S/c1-15-13-18(14-21(24)27-15)28-17-9-11-22(12-10-17)20(23)8-5-16-3-6-19(7-4-16)29(2,25)26/h3-4,6-7,13-14,17H,5,8-12H2,1-2H3. The van der Waals surface area contributed by atoms with Crippen molar-refractivity contribution in [2.75, 3.05) is 19.3 Å². The van der Waals surface area contributed by atoms with E-state index in [2.05, 4.69) is 0 Å². The Labute approximate surface area is 170 Å². The predicted molar refractivity (Wildman–Crippen MR) is 108 cm³/mol. The number of ether oxygens (including phenoxy) is 1. The zero-order valence-electron chi connectivity index (χ0n) is 16.6. The van der Waals surface area contributed by atoms with Gasteiger partial charge in [-0.05, 0) is 31.0 Å². The molecule has 0 bridgehead atoms. The quantitative estimate of drug-likeness (QED) is 0.713. The number of carbonyl (C=O) groups is 1. The molecule has 7 nitrogen and oxygen atoms in total. The molecule has 0 radical (unpaired) electrons. The summed E-state index contributed by atoms with van der Waals surface area (Å²) in [5.41, 5.74) is 0.499. The van der Waals surface area contributed by atoms with Crippen LogP contribution in [0.15, 0.2) is 50.5 Å². The van der Waals surface area contributed by atoms with Gasteiger partial charge in [0, 0.05) is 44.7 Å². The van der Waals surface area contributed by atoms with Crippen molar-refractivity contribution >= 4 is 15.7 Å². The van der Waals surface area contributed by atoms with Crippen LogP contribution in [0.4, 0.5) is 0 Å². The van der Waals surface area contributed by atoms with Crippen LogP contribution in [0.25, 0.3) is 0 Å². The van der Waals surface area contributed by atoms with Gasteiger partial charge in [-0.15, -0.1) is 0 Å². The highest BCUT2D eigenvalue weighted by Crippen LogP contribution is 2.20. The minimum absolute atomic E-state index is 0.0382. The van der Waals surface area contributed by atoms with Crippen molar-refractivity contribution < 1.29 is 22.4 Å². The fourth-order valence-corrected chi connectivity index (χ4v) is 4.00. The van der Waals surface area contributed by atoms with Crippen LogP contribution >= 0.6 is 0 Å². The third-order valence-corrected chi connectivity index (χ3v) is 6.07. The van der Waals surface area contributed by atoms with E-state index in [1.54, 1.807) is 37.3 Å². The molecule has 3 rings (SSSR count). The summed E-state index contributed by atoms with van der Waals surface area (Å²) < 4.78 is 33.8. The van der Waals surface area contributed by atoms with Gasteiger partial charge in [-0.3, -0.25) is 4.79 Å². The average molecular weight is 419 g/mol. The van der Waals surface area contributed by atoms with E-state index in [4.69, 9.17) is 9.15 Å². The second kappa shape index (κ2) is 8.82. The molecular weight excluding hydrogens is 394 g/mol. The summed E-state index contributed by atoms with van der Waals surface area (Å²) in [5, 5.41) is 0. The third-order valence-electron chi connectivity index (χ3n) is 4.94. The van der Waals surface area contributed by atoms with Crippen molar-refractivity contribution in [3.63, 3.8) is 0 Å². The van der Waals surface area contributed by atoms with Crippen molar-refractivity contribution in [1.29, 1.82) is 0 Å². The Hall–Kier alpha value is -2.61. The van der Waals surface area contributed by atoms with Gasteiger partial charge >= 0.3 is 5.63 Å². The molecule has 0 atom stereocenters. The molecule has 29 heavy (non-hydrogen) atoms. The van der Waals surface area contributed by atoms with Gasteiger partial charge in [-0.1, -0.05) is 12.1 Å². The van der Waals surface area contributed by atoms with Gasteiger partial charge < -0.3 is 14.1 Å². The fourth-order valence-electron chi connectivity index (χ4n) is 3.37. The first-order valence-corrected chi connectivity index (χ1v) is 11.4. The Morgan fingerprint density at radius 1 is 1.17 bits per heavy atom. The molecule has 156 valence electrons. The van der Waals surface area contributed by atoms with E-state index in [0.717, 1.165) is 5.56 Å². The van der Waals surface area contributed by atoms with E-state index in [-0.39, 0.29) is 16.9 Å². The van der Waals surface area contributed by atoms with Crippen LogP contribution < -0.4 is 10.4 Å². The monoisotopic (exact) mass is 419 g/mol. The summed E-state index contributed by atoms with van der Waals surface area (Å²) >= 11 is 0. The lowest BCUT2D eigenvalue weighted by atomic mass is 10.1. The van der Waals surface area contributed by atoms with Gasteiger partial charge in [0.2, 0.25) is 5.91 Å². The lowest BCUT2D eigenvalue weighted by molar-refractivity contribution is -0.132. The molecule has 1 aliphatic rings. The van der Waals surface area contributed by atoms with Gasteiger partial charge in [0.1, 0.15) is 17.6 Å². The Bertz CT molecular complexity index is 1020. The first-order valence-electron chi connectivity index (χ1n) is 9.56. The maximum Gasteiger partial charge on any atom is 0.339 e. The van der Waals surface area contributed by atoms with Crippen LogP contribution in [-0.2, 0) is 21.1 Å². The van der Waals surface area contributed by atoms with Crippen LogP contribution in [0.2, 0.25) is 0 Å². The highest BCUT2D eigenvalue weighted by Gasteiger charge is 2.24. The Kier molecular flexibility index (Phi) is 6.42. The topological polar surface area (TPSA) is 93.9 Å². The lowest BCUT2D eigenvalue weighted by Crippen LogP contribution is -2.41. The molecule has 1 aromatic heterocycles. The maximum atomic E-state index is 12.5. The molecule has 2 aromatic rings. The summed E-state index contributed by atoms with van der Waals surface area (Å²) in [7, 11) is -3.21. The molecular formula is C21H25NO6S. The third kappa shape index (κ3) is 5.93. The van der Waals surface area contributed by atoms with E-state index < -0.39 is 15.5 Å². The summed E-state index contributed by atoms with van der Waals surface area (Å²) in [4.78, 5) is 26.0. The van der Waals surface area contributed by atoms with E-state index in [0.29, 0.717) is 50.3 Å². The van der Waals surface area contributed by atoms with E-state index in [1.165, 1.54) is 12.3 Å². The SMILES string of the molecule is Cc1cc(OC2CCN(C(=O)CCc3ccc(S(C)(=O)=O)cc3)CC2)cc(=O)o1. The van der Waals surface area contributed by atoms with Crippen LogP contribution in [0.3, 0.4) is 0 Å². The number of likely N-dealkylation sites (tertiary alicyclic amines) is 1. The number of amides is 1. The summed E-state index contributed by atoms with van der Waals surface area (Å²) in [6, 6.07) is 9.67. The van der Waals surface area contributed by atoms with Gasteiger partial charge in [0.15, 0.2) is 9.84 Å². The molecule has 0 aliphatic carbocycles. The average Bonchev–Trinajstić information content (AvgIpc) is 2.65. The number of benzene rings is 1. The minimum atomic E-state index is -3.21. The zero-order chi connectivity index (χ0) is 21.0. The maximum absolute atomic E-state index is 12.5. The van der Waals surface area contributed by atoms with Crippen LogP contribution in [0.1, 0.15) is 30.6 Å². The number of hydrogen-bond donors (Lipinski definition) is 0. The van der Waals surface area contributed by atoms with Crippen molar-refractivity contribution in [3.8, 4) is 5.75 Å². The van der Waals surface area contributed by atoms with Crippen molar-refractivity contribution in [2.24, 2.45) is 0 Å². The van der Waals surface area contributed by atoms with Crippen molar-refractivity contribution in [3.05, 3.63) is 58.1 Å². The zero-order valence-corrected chi connectivity index (χ0v) is 17.4. The molecule has 1 aliphatic heterocycles. The predicted octanol–water partition coefficient (Wildman–Crippen LogP) is 2.35. The highest BCUT2D eigenvalue weighted by molar-refractivity contribution is 7.90. The number of piperidine rings is 1. The molecule has 1 aromatic carbocycles. The normalized spacial score (nSPS) is 15.3. The summed E-state index contributed by atoms with van der Waals surface area (Å²) in [6.45, 7) is 2.91. The summed E-state index contributed by atoms with van der Waals surface area (Å²) in [5.74, 6) is 1.08. The molecule has 8 heteroatoms. The number of nitrogens with zero attached hydrogens (tertiary/aromatic N) is 1. The van der Waals surface area contributed by atoms with E-state index >= 15 is 0 Å². The van der Waals surface area contributed by atoms with E-state index in [1.807, 2.05) is 4.90 Å². The fraction of sp³-hybridized carbons (Fsp3) is 0.429. The second-order valence-electron chi connectivity index (χ2n) is 7.34. The first-order chi connectivity index (χ1) is 13.7. The molecule has 0 spiro atoms. The van der Waals surface area contributed by atoms with Gasteiger partial charge in [-0.25, -0.2) is 13.2 Å². The Morgan fingerprint density at radius 2 is 1.83 bits per heavy atom. The largest absolute Gasteiger partial charge is 0.490 e. The summed E-state index contributed by atoms with van der Waals surface area (Å²) in [6.07, 6.45) is 3.49. The number of aryl methyl sites for hydroxylation is 2.